The number of likely N-dealkylation sites (N-methyl/N-ethyl adjacent to an activating group) is 1. The first-order valence-electron chi connectivity index (χ1n) is 8.26. The lowest BCUT2D eigenvalue weighted by Gasteiger charge is -2.22. The number of amides is 2. The number of hydrogen-bond acceptors (Lipinski definition) is 5. The third kappa shape index (κ3) is 4.43. The van der Waals surface area contributed by atoms with Crippen LogP contribution in [0.25, 0.3) is 0 Å². The molecule has 0 bridgehead atoms. The van der Waals surface area contributed by atoms with Crippen molar-refractivity contribution >= 4 is 29.1 Å². The largest absolute Gasteiger partial charge is 0.497 e. The zero-order valence-corrected chi connectivity index (χ0v) is 15.7. The molecule has 142 valence electrons. The lowest BCUT2D eigenvalue weighted by molar-refractivity contribution is -0.116. The molecule has 0 atom stereocenters. The highest BCUT2D eigenvalue weighted by molar-refractivity contribution is 6.32. The van der Waals surface area contributed by atoms with Crippen molar-refractivity contribution < 1.29 is 23.8 Å². The summed E-state index contributed by atoms with van der Waals surface area (Å²) in [6.07, 6.45) is 0. The standard InChI is InChI=1S/C19H19ClN2O5/c1-22(11-17(23)21-13-3-5-14(25-2)6-4-13)19(24)12-9-15(20)18-16(10-12)26-7-8-27-18/h3-6,9-10H,7-8,11H2,1-2H3,(H,21,23). The van der Waals surface area contributed by atoms with Gasteiger partial charge in [-0.05, 0) is 36.4 Å². The van der Waals surface area contributed by atoms with Crippen LogP contribution < -0.4 is 19.5 Å². The number of anilines is 1. The van der Waals surface area contributed by atoms with Gasteiger partial charge in [-0.25, -0.2) is 0 Å². The van der Waals surface area contributed by atoms with E-state index in [1.165, 1.54) is 11.0 Å². The fraction of sp³-hybridized carbons (Fsp3) is 0.263. The summed E-state index contributed by atoms with van der Waals surface area (Å²) in [5.74, 6) is 0.877. The van der Waals surface area contributed by atoms with Gasteiger partial charge in [0.05, 0.1) is 18.7 Å². The van der Waals surface area contributed by atoms with E-state index < -0.39 is 0 Å². The predicted molar refractivity (Wildman–Crippen MR) is 101 cm³/mol. The average Bonchev–Trinajstić information content (AvgIpc) is 2.67. The fourth-order valence-electron chi connectivity index (χ4n) is 2.62. The van der Waals surface area contributed by atoms with Gasteiger partial charge in [-0.1, -0.05) is 11.6 Å². The van der Waals surface area contributed by atoms with Gasteiger partial charge >= 0.3 is 0 Å². The van der Waals surface area contributed by atoms with Gasteiger partial charge in [0, 0.05) is 18.3 Å². The monoisotopic (exact) mass is 390 g/mol. The van der Waals surface area contributed by atoms with Crippen LogP contribution in [0, 0.1) is 0 Å². The molecular formula is C19H19ClN2O5. The lowest BCUT2D eigenvalue weighted by Crippen LogP contribution is -2.35. The summed E-state index contributed by atoms with van der Waals surface area (Å²) in [5.41, 5.74) is 0.938. The number of nitrogens with one attached hydrogen (secondary N) is 1. The SMILES string of the molecule is COc1ccc(NC(=O)CN(C)C(=O)c2cc(Cl)c3c(c2)OCCO3)cc1. The van der Waals surface area contributed by atoms with Crippen LogP contribution in [0.4, 0.5) is 5.69 Å². The van der Waals surface area contributed by atoms with Crippen LogP contribution in [-0.2, 0) is 4.79 Å². The molecule has 7 nitrogen and oxygen atoms in total. The zero-order valence-electron chi connectivity index (χ0n) is 15.0. The third-order valence-electron chi connectivity index (χ3n) is 3.95. The smallest absolute Gasteiger partial charge is 0.254 e. The summed E-state index contributed by atoms with van der Waals surface area (Å²) in [4.78, 5) is 26.1. The predicted octanol–water partition coefficient (Wildman–Crippen LogP) is 2.83. The van der Waals surface area contributed by atoms with Crippen LogP contribution in [-0.4, -0.2) is 50.6 Å². The molecule has 1 aliphatic heterocycles. The molecule has 1 heterocycles. The Hall–Kier alpha value is -2.93. The zero-order chi connectivity index (χ0) is 19.4. The van der Waals surface area contributed by atoms with Crippen LogP contribution in [0.1, 0.15) is 10.4 Å². The highest BCUT2D eigenvalue weighted by Gasteiger charge is 2.22. The highest BCUT2D eigenvalue weighted by atomic mass is 35.5. The summed E-state index contributed by atoms with van der Waals surface area (Å²) in [5, 5.41) is 3.03. The van der Waals surface area contributed by atoms with E-state index in [9.17, 15) is 9.59 Å². The van der Waals surface area contributed by atoms with Crippen molar-refractivity contribution in [3.05, 3.63) is 47.0 Å². The summed E-state index contributed by atoms with van der Waals surface area (Å²) >= 11 is 6.17. The molecule has 1 aliphatic rings. The van der Waals surface area contributed by atoms with E-state index in [-0.39, 0.29) is 18.4 Å². The Morgan fingerprint density at radius 2 is 1.89 bits per heavy atom. The molecule has 0 radical (unpaired) electrons. The van der Waals surface area contributed by atoms with E-state index in [0.717, 1.165) is 0 Å². The quantitative estimate of drug-likeness (QED) is 0.849. The van der Waals surface area contributed by atoms with E-state index >= 15 is 0 Å². The Labute approximate surface area is 161 Å². The first-order chi connectivity index (χ1) is 13.0. The van der Waals surface area contributed by atoms with E-state index in [1.807, 2.05) is 0 Å². The summed E-state index contributed by atoms with van der Waals surface area (Å²) in [7, 11) is 3.11. The number of carbonyl (C=O) groups is 2. The van der Waals surface area contributed by atoms with Gasteiger partial charge in [0.1, 0.15) is 19.0 Å². The maximum absolute atomic E-state index is 12.6. The van der Waals surface area contributed by atoms with Gasteiger partial charge in [-0.3, -0.25) is 9.59 Å². The number of fused-ring (bicyclic) bond motifs is 1. The maximum atomic E-state index is 12.6. The van der Waals surface area contributed by atoms with Crippen molar-refractivity contribution in [1.29, 1.82) is 0 Å². The Bertz CT molecular complexity index is 854. The van der Waals surface area contributed by atoms with E-state index in [2.05, 4.69) is 5.32 Å². The number of rotatable bonds is 5. The van der Waals surface area contributed by atoms with Crippen LogP contribution in [0.2, 0.25) is 5.02 Å². The van der Waals surface area contributed by atoms with E-state index in [4.69, 9.17) is 25.8 Å². The Balaban J connectivity index is 1.64. The minimum Gasteiger partial charge on any atom is -0.497 e. The highest BCUT2D eigenvalue weighted by Crippen LogP contribution is 2.38. The van der Waals surface area contributed by atoms with Crippen molar-refractivity contribution in [2.45, 2.75) is 0 Å². The molecule has 3 rings (SSSR count). The first kappa shape index (κ1) is 18.8. The topological polar surface area (TPSA) is 77.1 Å². The van der Waals surface area contributed by atoms with Crippen LogP contribution in [0.3, 0.4) is 0 Å². The van der Waals surface area contributed by atoms with Gasteiger partial charge < -0.3 is 24.4 Å². The van der Waals surface area contributed by atoms with Gasteiger partial charge in [-0.2, -0.15) is 0 Å². The van der Waals surface area contributed by atoms with Crippen LogP contribution in [0.15, 0.2) is 36.4 Å². The normalized spacial score (nSPS) is 12.3. The fourth-order valence-corrected chi connectivity index (χ4v) is 2.88. The molecule has 2 aromatic rings. The van der Waals surface area contributed by atoms with E-state index in [1.54, 1.807) is 44.5 Å². The molecule has 27 heavy (non-hydrogen) atoms. The molecule has 0 saturated carbocycles. The summed E-state index contributed by atoms with van der Waals surface area (Å²) < 4.78 is 16.0. The lowest BCUT2D eigenvalue weighted by atomic mass is 10.1. The maximum Gasteiger partial charge on any atom is 0.254 e. The van der Waals surface area contributed by atoms with Crippen molar-refractivity contribution in [2.75, 3.05) is 39.2 Å². The molecule has 0 aromatic heterocycles. The number of hydrogen-bond donors (Lipinski definition) is 1. The van der Waals surface area contributed by atoms with Gasteiger partial charge in [0.2, 0.25) is 5.91 Å². The third-order valence-corrected chi connectivity index (χ3v) is 4.23. The second-order valence-corrected chi connectivity index (χ2v) is 6.33. The van der Waals surface area contributed by atoms with Crippen molar-refractivity contribution in [3.63, 3.8) is 0 Å². The molecule has 8 heteroatoms. The molecule has 0 saturated heterocycles. The molecule has 0 fully saturated rings. The van der Waals surface area contributed by atoms with Crippen molar-refractivity contribution in [1.82, 2.24) is 4.90 Å². The minimum atomic E-state index is -0.348. The molecule has 0 aliphatic carbocycles. The number of halogens is 1. The Kier molecular flexibility index (Phi) is 5.71. The van der Waals surface area contributed by atoms with Gasteiger partial charge in [-0.15, -0.1) is 0 Å². The molecule has 0 spiro atoms. The van der Waals surface area contributed by atoms with Crippen molar-refractivity contribution in [3.8, 4) is 17.2 Å². The molecule has 1 N–H and O–H groups in total. The van der Waals surface area contributed by atoms with Crippen LogP contribution in [0.5, 0.6) is 17.2 Å². The second-order valence-electron chi connectivity index (χ2n) is 5.92. The van der Waals surface area contributed by atoms with Gasteiger partial charge in [0.15, 0.2) is 11.5 Å². The second kappa shape index (κ2) is 8.18. The number of methoxy groups -OCH3 is 1. The number of carbonyl (C=O) groups excluding carboxylic acids is 2. The Morgan fingerprint density at radius 3 is 2.59 bits per heavy atom. The molecular weight excluding hydrogens is 372 g/mol. The van der Waals surface area contributed by atoms with Crippen LogP contribution >= 0.6 is 11.6 Å². The summed E-state index contributed by atoms with van der Waals surface area (Å²) in [6.45, 7) is 0.684. The Morgan fingerprint density at radius 1 is 1.19 bits per heavy atom. The minimum absolute atomic E-state index is 0.114. The van der Waals surface area contributed by atoms with E-state index in [0.29, 0.717) is 46.7 Å². The summed E-state index contributed by atoms with van der Waals surface area (Å²) in [6, 6.07) is 10.00. The molecule has 2 aromatic carbocycles. The number of ether oxygens (including phenoxy) is 3. The number of benzene rings is 2. The van der Waals surface area contributed by atoms with Crippen molar-refractivity contribution in [2.24, 2.45) is 0 Å². The number of nitrogens with zero attached hydrogens (tertiary/aromatic N) is 1. The average molecular weight is 391 g/mol. The van der Waals surface area contributed by atoms with Gasteiger partial charge in [0.25, 0.3) is 5.91 Å². The first-order valence-corrected chi connectivity index (χ1v) is 8.64. The molecule has 2 amide bonds. The molecule has 0 unspecified atom stereocenters.